The Balaban J connectivity index is 1.75. The first-order chi connectivity index (χ1) is 8.95. The van der Waals surface area contributed by atoms with Crippen LogP contribution in [0.15, 0.2) is 18.3 Å². The molecule has 0 radical (unpaired) electrons. The van der Waals surface area contributed by atoms with Gasteiger partial charge in [0.25, 0.3) is 0 Å². The standard InChI is InChI=1S/C17H28N2/c1-13-5-10-16(12-18-13)19-11-14-6-8-15(9-7-14)17(2,3)4/h5,10,12,14-15,19H,6-9,11H2,1-4H3. The molecule has 1 aromatic rings. The highest BCUT2D eigenvalue weighted by Gasteiger charge is 2.29. The van der Waals surface area contributed by atoms with Crippen molar-refractivity contribution in [3.05, 3.63) is 24.0 Å². The Morgan fingerprint density at radius 2 is 1.84 bits per heavy atom. The molecule has 1 aliphatic rings. The van der Waals surface area contributed by atoms with Crippen LogP contribution in [0.5, 0.6) is 0 Å². The Hall–Kier alpha value is -1.05. The van der Waals surface area contributed by atoms with Crippen molar-refractivity contribution in [2.75, 3.05) is 11.9 Å². The third kappa shape index (κ3) is 4.22. The van der Waals surface area contributed by atoms with Gasteiger partial charge in [-0.05, 0) is 62.0 Å². The molecule has 1 fully saturated rings. The minimum Gasteiger partial charge on any atom is -0.384 e. The fourth-order valence-corrected chi connectivity index (χ4v) is 3.07. The fraction of sp³-hybridized carbons (Fsp3) is 0.706. The van der Waals surface area contributed by atoms with Crippen LogP contribution in [0.25, 0.3) is 0 Å². The van der Waals surface area contributed by atoms with E-state index in [1.165, 1.54) is 25.7 Å². The van der Waals surface area contributed by atoms with E-state index in [1.807, 2.05) is 13.1 Å². The summed E-state index contributed by atoms with van der Waals surface area (Å²) >= 11 is 0. The minimum atomic E-state index is 0.485. The van der Waals surface area contributed by atoms with Gasteiger partial charge in [-0.3, -0.25) is 4.98 Å². The lowest BCUT2D eigenvalue weighted by atomic mass is 9.70. The van der Waals surface area contributed by atoms with Gasteiger partial charge in [-0.25, -0.2) is 0 Å². The fourth-order valence-electron chi connectivity index (χ4n) is 3.07. The van der Waals surface area contributed by atoms with Crippen LogP contribution in [0, 0.1) is 24.2 Å². The topological polar surface area (TPSA) is 24.9 Å². The maximum Gasteiger partial charge on any atom is 0.0527 e. The van der Waals surface area contributed by atoms with E-state index in [1.54, 1.807) is 0 Å². The molecule has 0 aliphatic heterocycles. The van der Waals surface area contributed by atoms with Crippen molar-refractivity contribution in [2.45, 2.75) is 53.4 Å². The van der Waals surface area contributed by atoms with Gasteiger partial charge in [0.1, 0.15) is 0 Å². The predicted molar refractivity (Wildman–Crippen MR) is 82.4 cm³/mol. The summed E-state index contributed by atoms with van der Waals surface area (Å²) in [7, 11) is 0. The number of anilines is 1. The molecule has 19 heavy (non-hydrogen) atoms. The highest BCUT2D eigenvalue weighted by atomic mass is 14.9. The molecule has 0 unspecified atom stereocenters. The average molecular weight is 260 g/mol. The van der Waals surface area contributed by atoms with Crippen molar-refractivity contribution >= 4 is 5.69 Å². The van der Waals surface area contributed by atoms with Gasteiger partial charge >= 0.3 is 0 Å². The maximum absolute atomic E-state index is 4.32. The SMILES string of the molecule is Cc1ccc(NCC2CCC(C(C)(C)C)CC2)cn1. The van der Waals surface area contributed by atoms with Crippen molar-refractivity contribution in [1.29, 1.82) is 0 Å². The molecular weight excluding hydrogens is 232 g/mol. The normalized spacial score (nSPS) is 24.2. The first kappa shape index (κ1) is 14.4. The summed E-state index contributed by atoms with van der Waals surface area (Å²) < 4.78 is 0. The summed E-state index contributed by atoms with van der Waals surface area (Å²) in [6.07, 6.45) is 7.46. The molecule has 0 atom stereocenters. The molecule has 0 aromatic carbocycles. The molecule has 106 valence electrons. The summed E-state index contributed by atoms with van der Waals surface area (Å²) in [4.78, 5) is 4.32. The van der Waals surface area contributed by atoms with Crippen LogP contribution in [0.3, 0.4) is 0 Å². The van der Waals surface area contributed by atoms with Gasteiger partial charge in [-0.1, -0.05) is 20.8 Å². The van der Waals surface area contributed by atoms with Gasteiger partial charge in [0.2, 0.25) is 0 Å². The highest BCUT2D eigenvalue weighted by molar-refractivity contribution is 5.40. The second kappa shape index (κ2) is 5.94. The van der Waals surface area contributed by atoms with Crippen LogP contribution >= 0.6 is 0 Å². The lowest BCUT2D eigenvalue weighted by molar-refractivity contribution is 0.153. The Labute approximate surface area is 118 Å². The van der Waals surface area contributed by atoms with Gasteiger partial charge in [-0.15, -0.1) is 0 Å². The first-order valence-corrected chi connectivity index (χ1v) is 7.61. The molecule has 0 bridgehead atoms. The van der Waals surface area contributed by atoms with Crippen molar-refractivity contribution in [1.82, 2.24) is 4.98 Å². The second-order valence-electron chi connectivity index (χ2n) is 7.15. The van der Waals surface area contributed by atoms with Gasteiger partial charge in [0.15, 0.2) is 0 Å². The minimum absolute atomic E-state index is 0.485. The van der Waals surface area contributed by atoms with E-state index in [2.05, 4.69) is 43.2 Å². The number of nitrogens with one attached hydrogen (secondary N) is 1. The third-order valence-corrected chi connectivity index (χ3v) is 4.58. The van der Waals surface area contributed by atoms with Crippen LogP contribution < -0.4 is 5.32 Å². The monoisotopic (exact) mass is 260 g/mol. The summed E-state index contributed by atoms with van der Waals surface area (Å²) in [5, 5.41) is 3.53. The van der Waals surface area contributed by atoms with Crippen LogP contribution in [0.2, 0.25) is 0 Å². The van der Waals surface area contributed by atoms with Gasteiger partial charge in [0, 0.05) is 12.2 Å². The van der Waals surface area contributed by atoms with Crippen molar-refractivity contribution < 1.29 is 0 Å². The summed E-state index contributed by atoms with van der Waals surface area (Å²) in [5.74, 6) is 1.74. The summed E-state index contributed by atoms with van der Waals surface area (Å²) in [6.45, 7) is 10.3. The molecule has 2 heteroatoms. The number of hydrogen-bond donors (Lipinski definition) is 1. The number of hydrogen-bond acceptors (Lipinski definition) is 2. The summed E-state index contributed by atoms with van der Waals surface area (Å²) in [6, 6.07) is 4.20. The van der Waals surface area contributed by atoms with Gasteiger partial charge < -0.3 is 5.32 Å². The molecule has 1 N–H and O–H groups in total. The Morgan fingerprint density at radius 1 is 1.16 bits per heavy atom. The van der Waals surface area contributed by atoms with E-state index in [0.29, 0.717) is 5.41 Å². The zero-order valence-corrected chi connectivity index (χ0v) is 12.9. The van der Waals surface area contributed by atoms with Crippen LogP contribution in [0.4, 0.5) is 5.69 Å². The van der Waals surface area contributed by atoms with E-state index >= 15 is 0 Å². The van der Waals surface area contributed by atoms with Crippen LogP contribution in [0.1, 0.15) is 52.1 Å². The molecule has 0 spiro atoms. The number of rotatable bonds is 3. The smallest absolute Gasteiger partial charge is 0.0527 e. The Morgan fingerprint density at radius 3 is 2.37 bits per heavy atom. The number of pyridine rings is 1. The Kier molecular flexibility index (Phi) is 4.49. The lowest BCUT2D eigenvalue weighted by Gasteiger charge is -2.37. The van der Waals surface area contributed by atoms with E-state index in [-0.39, 0.29) is 0 Å². The number of aryl methyl sites for hydroxylation is 1. The summed E-state index contributed by atoms with van der Waals surface area (Å²) in [5.41, 5.74) is 2.72. The Bertz CT molecular complexity index is 381. The number of nitrogens with zero attached hydrogens (tertiary/aromatic N) is 1. The first-order valence-electron chi connectivity index (χ1n) is 7.61. The van der Waals surface area contributed by atoms with Gasteiger partial charge in [0.05, 0.1) is 11.9 Å². The molecule has 1 aromatic heterocycles. The predicted octanol–water partition coefficient (Wildman–Crippen LogP) is 4.65. The molecule has 2 nitrogen and oxygen atoms in total. The van der Waals surface area contributed by atoms with Crippen LogP contribution in [-0.4, -0.2) is 11.5 Å². The van der Waals surface area contributed by atoms with E-state index in [4.69, 9.17) is 0 Å². The lowest BCUT2D eigenvalue weighted by Crippen LogP contribution is -2.28. The zero-order chi connectivity index (χ0) is 13.9. The third-order valence-electron chi connectivity index (χ3n) is 4.58. The molecule has 1 heterocycles. The van der Waals surface area contributed by atoms with Crippen molar-refractivity contribution in [3.63, 3.8) is 0 Å². The van der Waals surface area contributed by atoms with E-state index in [9.17, 15) is 0 Å². The quantitative estimate of drug-likeness (QED) is 0.855. The second-order valence-corrected chi connectivity index (χ2v) is 7.15. The maximum atomic E-state index is 4.32. The highest BCUT2D eigenvalue weighted by Crippen LogP contribution is 2.39. The molecular formula is C17H28N2. The molecule has 2 rings (SSSR count). The van der Waals surface area contributed by atoms with E-state index in [0.717, 1.165) is 29.8 Å². The molecule has 1 saturated carbocycles. The molecule has 0 amide bonds. The zero-order valence-electron chi connectivity index (χ0n) is 12.9. The van der Waals surface area contributed by atoms with Crippen molar-refractivity contribution in [3.8, 4) is 0 Å². The van der Waals surface area contributed by atoms with Crippen molar-refractivity contribution in [2.24, 2.45) is 17.3 Å². The van der Waals surface area contributed by atoms with Crippen LogP contribution in [-0.2, 0) is 0 Å². The molecule has 1 aliphatic carbocycles. The number of aromatic nitrogens is 1. The average Bonchev–Trinajstić information content (AvgIpc) is 2.37. The largest absolute Gasteiger partial charge is 0.384 e. The van der Waals surface area contributed by atoms with E-state index < -0.39 is 0 Å². The van der Waals surface area contributed by atoms with Gasteiger partial charge in [-0.2, -0.15) is 0 Å². The molecule has 0 saturated heterocycles.